The maximum absolute atomic E-state index is 12.0. The highest BCUT2D eigenvalue weighted by Crippen LogP contribution is 2.24. The van der Waals surface area contributed by atoms with Crippen molar-refractivity contribution in [2.75, 3.05) is 5.73 Å². The minimum absolute atomic E-state index is 0.0726. The number of nitrogens with zero attached hydrogens (tertiary/aromatic N) is 4. The molecule has 3 aromatic heterocycles. The molecular weight excluding hydrogens is 332 g/mol. The molecule has 4 aromatic rings. The van der Waals surface area contributed by atoms with Crippen molar-refractivity contribution in [3.63, 3.8) is 0 Å². The number of hydrogen-bond acceptors (Lipinski definition) is 6. The fourth-order valence-electron chi connectivity index (χ4n) is 2.72. The number of pyridine rings is 2. The minimum Gasteiger partial charge on any atom is -0.486 e. The number of nitrogens with one attached hydrogen (secondary N) is 1. The summed E-state index contributed by atoms with van der Waals surface area (Å²) in [6.07, 6.45) is 1.74. The number of aromatic amines is 1. The summed E-state index contributed by atoms with van der Waals surface area (Å²) in [6, 6.07) is 12.5. The predicted molar refractivity (Wildman–Crippen MR) is 97.2 cm³/mol. The first kappa shape index (κ1) is 15.8. The first-order chi connectivity index (χ1) is 12.6. The van der Waals surface area contributed by atoms with Crippen molar-refractivity contribution in [1.82, 2.24) is 25.0 Å². The number of ether oxygens (including phenoxy) is 1. The highest BCUT2D eigenvalue weighted by atomic mass is 16.5. The summed E-state index contributed by atoms with van der Waals surface area (Å²) in [5.41, 5.74) is 9.46. The monoisotopic (exact) mass is 348 g/mol. The lowest BCUT2D eigenvalue weighted by molar-refractivity contribution is 0.308. The van der Waals surface area contributed by atoms with E-state index in [4.69, 9.17) is 10.5 Å². The Balaban J connectivity index is 1.60. The van der Waals surface area contributed by atoms with Gasteiger partial charge in [-0.2, -0.15) is 10.3 Å². The third kappa shape index (κ3) is 2.88. The number of fused-ring (bicyclic) bond motifs is 1. The van der Waals surface area contributed by atoms with Gasteiger partial charge in [0.15, 0.2) is 11.3 Å². The van der Waals surface area contributed by atoms with Crippen LogP contribution in [0.25, 0.3) is 16.9 Å². The molecule has 8 nitrogen and oxygen atoms in total. The standard InChI is InChI=1S/C18H16N6O2/c1-11-8-13(24-7-3-2-4-16(24)25)6-5-12(11)10-26-14-9-15(19)20-18-17(14)21-23-22-18/h2-9H,10H2,1H3,(H3,19,20,21,22,23). The summed E-state index contributed by atoms with van der Waals surface area (Å²) in [4.78, 5) is 16.0. The van der Waals surface area contributed by atoms with E-state index in [0.717, 1.165) is 16.8 Å². The van der Waals surface area contributed by atoms with Crippen LogP contribution in [0.1, 0.15) is 11.1 Å². The van der Waals surface area contributed by atoms with Crippen LogP contribution in [0.3, 0.4) is 0 Å². The molecule has 0 spiro atoms. The van der Waals surface area contributed by atoms with Gasteiger partial charge < -0.3 is 10.5 Å². The van der Waals surface area contributed by atoms with Crippen molar-refractivity contribution in [2.45, 2.75) is 13.5 Å². The van der Waals surface area contributed by atoms with Crippen molar-refractivity contribution < 1.29 is 4.74 Å². The Morgan fingerprint density at radius 1 is 1.19 bits per heavy atom. The molecule has 1 aromatic carbocycles. The Labute approximate surface area is 148 Å². The molecule has 3 N–H and O–H groups in total. The number of H-pyrrole nitrogens is 1. The van der Waals surface area contributed by atoms with Gasteiger partial charge in [-0.05, 0) is 36.2 Å². The third-order valence-electron chi connectivity index (χ3n) is 4.09. The Bertz CT molecular complexity index is 1150. The predicted octanol–water partition coefficient (Wildman–Crippen LogP) is 1.97. The number of aromatic nitrogens is 5. The van der Waals surface area contributed by atoms with Crippen LogP contribution in [0.15, 0.2) is 53.5 Å². The summed E-state index contributed by atoms with van der Waals surface area (Å²) in [7, 11) is 0. The molecule has 0 fully saturated rings. The summed E-state index contributed by atoms with van der Waals surface area (Å²) >= 11 is 0. The van der Waals surface area contributed by atoms with Crippen LogP contribution in [0, 0.1) is 6.92 Å². The zero-order valence-electron chi connectivity index (χ0n) is 14.0. The van der Waals surface area contributed by atoms with Gasteiger partial charge in [0, 0.05) is 24.0 Å². The molecular formula is C18H16N6O2. The number of rotatable bonds is 4. The Hall–Kier alpha value is -3.68. The normalized spacial score (nSPS) is 11.0. The molecule has 8 heteroatoms. The fourth-order valence-corrected chi connectivity index (χ4v) is 2.72. The zero-order chi connectivity index (χ0) is 18.1. The van der Waals surface area contributed by atoms with Gasteiger partial charge in [0.2, 0.25) is 5.65 Å². The maximum Gasteiger partial charge on any atom is 0.255 e. The molecule has 0 radical (unpaired) electrons. The quantitative estimate of drug-likeness (QED) is 0.583. The average molecular weight is 348 g/mol. The SMILES string of the molecule is Cc1cc(-n2ccccc2=O)ccc1COc1cc(N)nc2n[nH]nc12. The van der Waals surface area contributed by atoms with E-state index < -0.39 is 0 Å². The molecule has 0 amide bonds. The third-order valence-corrected chi connectivity index (χ3v) is 4.09. The number of nitrogen functional groups attached to an aromatic ring is 1. The first-order valence-corrected chi connectivity index (χ1v) is 7.99. The topological polar surface area (TPSA) is 112 Å². The Morgan fingerprint density at radius 2 is 2.08 bits per heavy atom. The van der Waals surface area contributed by atoms with Crippen molar-refractivity contribution >= 4 is 17.0 Å². The molecule has 26 heavy (non-hydrogen) atoms. The maximum atomic E-state index is 12.0. The van der Waals surface area contributed by atoms with Crippen LogP contribution in [-0.2, 0) is 6.61 Å². The molecule has 0 aliphatic rings. The van der Waals surface area contributed by atoms with E-state index in [1.807, 2.05) is 31.2 Å². The van der Waals surface area contributed by atoms with Crippen molar-refractivity contribution in [2.24, 2.45) is 0 Å². The molecule has 3 heterocycles. The largest absolute Gasteiger partial charge is 0.486 e. The van der Waals surface area contributed by atoms with Crippen LogP contribution in [-0.4, -0.2) is 25.0 Å². The molecule has 0 aliphatic carbocycles. The van der Waals surface area contributed by atoms with Gasteiger partial charge in [0.1, 0.15) is 12.4 Å². The second-order valence-electron chi connectivity index (χ2n) is 5.85. The molecule has 4 rings (SSSR count). The zero-order valence-corrected chi connectivity index (χ0v) is 14.0. The van der Waals surface area contributed by atoms with Crippen molar-refractivity contribution in [3.8, 4) is 11.4 Å². The molecule has 0 aliphatic heterocycles. The Kier molecular flexibility index (Phi) is 3.85. The smallest absolute Gasteiger partial charge is 0.255 e. The van der Waals surface area contributed by atoms with Crippen molar-refractivity contribution in [1.29, 1.82) is 0 Å². The van der Waals surface area contributed by atoms with E-state index in [2.05, 4.69) is 20.4 Å². The number of aryl methyl sites for hydroxylation is 1. The van der Waals surface area contributed by atoms with Crippen LogP contribution in [0.4, 0.5) is 5.82 Å². The minimum atomic E-state index is -0.0726. The average Bonchev–Trinajstić information content (AvgIpc) is 3.09. The van der Waals surface area contributed by atoms with Gasteiger partial charge in [-0.15, -0.1) is 5.10 Å². The first-order valence-electron chi connectivity index (χ1n) is 7.99. The van der Waals surface area contributed by atoms with Crippen molar-refractivity contribution in [3.05, 3.63) is 70.1 Å². The van der Waals surface area contributed by atoms with E-state index in [-0.39, 0.29) is 5.56 Å². The van der Waals surface area contributed by atoms with E-state index in [0.29, 0.717) is 29.3 Å². The molecule has 0 unspecified atom stereocenters. The van der Waals surface area contributed by atoms with E-state index in [1.165, 1.54) is 6.07 Å². The lowest BCUT2D eigenvalue weighted by Gasteiger charge is -2.12. The lowest BCUT2D eigenvalue weighted by atomic mass is 10.1. The second kappa shape index (κ2) is 6.32. The van der Waals surface area contributed by atoms with Gasteiger partial charge in [0.05, 0.1) is 0 Å². The molecule has 130 valence electrons. The fraction of sp³-hybridized carbons (Fsp3) is 0.111. The van der Waals surface area contributed by atoms with E-state index in [9.17, 15) is 4.79 Å². The Morgan fingerprint density at radius 3 is 2.88 bits per heavy atom. The number of nitrogens with two attached hydrogens (primary N) is 1. The van der Waals surface area contributed by atoms with Gasteiger partial charge in [-0.3, -0.25) is 9.36 Å². The number of hydrogen-bond donors (Lipinski definition) is 2. The van der Waals surface area contributed by atoms with Gasteiger partial charge in [-0.1, -0.05) is 12.1 Å². The highest BCUT2D eigenvalue weighted by molar-refractivity contribution is 5.78. The summed E-state index contributed by atoms with van der Waals surface area (Å²) in [6.45, 7) is 2.31. The van der Waals surface area contributed by atoms with Crippen LogP contribution in [0.5, 0.6) is 5.75 Å². The van der Waals surface area contributed by atoms with Crippen LogP contribution >= 0.6 is 0 Å². The van der Waals surface area contributed by atoms with E-state index in [1.54, 1.807) is 22.9 Å². The summed E-state index contributed by atoms with van der Waals surface area (Å²) < 4.78 is 7.48. The summed E-state index contributed by atoms with van der Waals surface area (Å²) in [5.74, 6) is 0.834. The van der Waals surface area contributed by atoms with Crippen LogP contribution in [0.2, 0.25) is 0 Å². The lowest BCUT2D eigenvalue weighted by Crippen LogP contribution is -2.15. The summed E-state index contributed by atoms with van der Waals surface area (Å²) in [5, 5.41) is 10.5. The van der Waals surface area contributed by atoms with Gasteiger partial charge in [0.25, 0.3) is 5.56 Å². The molecule has 0 atom stereocenters. The van der Waals surface area contributed by atoms with Gasteiger partial charge in [-0.25, -0.2) is 4.98 Å². The van der Waals surface area contributed by atoms with Crippen LogP contribution < -0.4 is 16.0 Å². The number of benzene rings is 1. The highest BCUT2D eigenvalue weighted by Gasteiger charge is 2.11. The second-order valence-corrected chi connectivity index (χ2v) is 5.85. The number of anilines is 1. The molecule has 0 saturated carbocycles. The molecule has 0 saturated heterocycles. The van der Waals surface area contributed by atoms with Gasteiger partial charge >= 0.3 is 0 Å². The van der Waals surface area contributed by atoms with E-state index >= 15 is 0 Å². The molecule has 0 bridgehead atoms.